The molecule has 1 aromatic carbocycles. The van der Waals surface area contributed by atoms with Gasteiger partial charge in [0.25, 0.3) is 0 Å². The van der Waals surface area contributed by atoms with Crippen LogP contribution in [0.4, 0.5) is 0 Å². The lowest BCUT2D eigenvalue weighted by atomic mass is 9.72. The first-order chi connectivity index (χ1) is 13.0. The van der Waals surface area contributed by atoms with E-state index >= 15 is 0 Å². The minimum atomic E-state index is -0.936. The van der Waals surface area contributed by atoms with Crippen LogP contribution >= 0.6 is 0 Å². The van der Waals surface area contributed by atoms with Crippen LogP contribution in [0.2, 0.25) is 0 Å². The van der Waals surface area contributed by atoms with Gasteiger partial charge in [-0.15, -0.1) is 10.3 Å². The summed E-state index contributed by atoms with van der Waals surface area (Å²) in [4.78, 5) is 0. The number of hydroxylamine groups is 2. The maximum Gasteiger partial charge on any atom is 0.0964 e. The fourth-order valence-corrected chi connectivity index (χ4v) is 5.25. The number of aromatic amines is 1. The van der Waals surface area contributed by atoms with Gasteiger partial charge in [0.1, 0.15) is 0 Å². The SMILES string of the molecule is CCC1(CC)[C@H](CO)[C@@H](CO)[C@@](CC)(c2cc(-c3ccccc3)n[nH]2)N1[O]. The van der Waals surface area contributed by atoms with E-state index in [-0.39, 0.29) is 25.0 Å². The van der Waals surface area contributed by atoms with Crippen LogP contribution in [0.5, 0.6) is 0 Å². The second-order valence-electron chi connectivity index (χ2n) is 7.49. The normalized spacial score (nSPS) is 27.9. The molecule has 6 heteroatoms. The predicted octanol–water partition coefficient (Wildman–Crippen LogP) is 3.12. The molecule has 1 aromatic heterocycles. The molecular formula is C21H30N3O3. The Labute approximate surface area is 160 Å². The summed E-state index contributed by atoms with van der Waals surface area (Å²) in [7, 11) is 0. The van der Waals surface area contributed by atoms with Gasteiger partial charge in [0.2, 0.25) is 0 Å². The number of rotatable bonds is 7. The van der Waals surface area contributed by atoms with Gasteiger partial charge < -0.3 is 10.2 Å². The first kappa shape index (κ1) is 20.0. The number of nitrogens with one attached hydrogen (secondary N) is 1. The van der Waals surface area contributed by atoms with Crippen LogP contribution in [-0.2, 0) is 10.7 Å². The lowest BCUT2D eigenvalue weighted by Crippen LogP contribution is -2.51. The molecular weight excluding hydrogens is 342 g/mol. The molecule has 3 N–H and O–H groups in total. The van der Waals surface area contributed by atoms with E-state index in [2.05, 4.69) is 10.2 Å². The van der Waals surface area contributed by atoms with Gasteiger partial charge in [0, 0.05) is 30.6 Å². The molecule has 27 heavy (non-hydrogen) atoms. The van der Waals surface area contributed by atoms with Crippen molar-refractivity contribution in [3.8, 4) is 11.3 Å². The summed E-state index contributed by atoms with van der Waals surface area (Å²) in [5.74, 6) is -0.660. The van der Waals surface area contributed by atoms with Crippen molar-refractivity contribution < 1.29 is 15.4 Å². The van der Waals surface area contributed by atoms with Crippen LogP contribution in [0, 0.1) is 11.8 Å². The van der Waals surface area contributed by atoms with Crippen molar-refractivity contribution >= 4 is 0 Å². The summed E-state index contributed by atoms with van der Waals surface area (Å²) < 4.78 is 0. The number of hydrogen-bond donors (Lipinski definition) is 3. The minimum absolute atomic E-state index is 0.118. The Hall–Kier alpha value is -1.73. The highest BCUT2D eigenvalue weighted by Crippen LogP contribution is 2.57. The van der Waals surface area contributed by atoms with Gasteiger partial charge in [-0.1, -0.05) is 51.1 Å². The maximum atomic E-state index is 13.8. The second kappa shape index (κ2) is 7.72. The van der Waals surface area contributed by atoms with E-state index in [4.69, 9.17) is 0 Å². The summed E-state index contributed by atoms with van der Waals surface area (Å²) in [5.41, 5.74) is 0.817. The van der Waals surface area contributed by atoms with E-state index in [9.17, 15) is 15.4 Å². The van der Waals surface area contributed by atoms with Crippen molar-refractivity contribution in [2.24, 2.45) is 11.8 Å². The highest BCUT2D eigenvalue weighted by atomic mass is 16.5. The Balaban J connectivity index is 2.14. The largest absolute Gasteiger partial charge is 0.396 e. The Morgan fingerprint density at radius 2 is 1.67 bits per heavy atom. The fraction of sp³-hybridized carbons (Fsp3) is 0.571. The number of nitrogens with zero attached hydrogens (tertiary/aromatic N) is 2. The van der Waals surface area contributed by atoms with Gasteiger partial charge in [-0.2, -0.15) is 5.10 Å². The van der Waals surface area contributed by atoms with Gasteiger partial charge >= 0.3 is 0 Å². The average Bonchev–Trinajstić information content (AvgIpc) is 3.28. The Kier molecular flexibility index (Phi) is 5.72. The second-order valence-corrected chi connectivity index (χ2v) is 7.49. The third-order valence-corrected chi connectivity index (χ3v) is 6.83. The quantitative estimate of drug-likeness (QED) is 0.696. The zero-order valence-electron chi connectivity index (χ0n) is 16.4. The molecule has 0 bridgehead atoms. The van der Waals surface area contributed by atoms with Gasteiger partial charge in [-0.25, -0.2) is 0 Å². The Morgan fingerprint density at radius 1 is 1.04 bits per heavy atom. The standard InChI is InChI=1S/C21H30N3O3/c1-4-20(5-2)16(13-25)17(14-26)21(6-3,24(20)27)19-12-18(22-23-19)15-10-8-7-9-11-15/h7-12,16-17,25-26H,4-6,13-14H2,1-3H3,(H,22,23)/t16-,17-,21+/m1/s1. The predicted molar refractivity (Wildman–Crippen MR) is 103 cm³/mol. The molecule has 1 aliphatic rings. The van der Waals surface area contributed by atoms with Crippen molar-refractivity contribution in [3.63, 3.8) is 0 Å². The molecule has 147 valence electrons. The zero-order valence-corrected chi connectivity index (χ0v) is 16.4. The summed E-state index contributed by atoms with van der Waals surface area (Å²) >= 11 is 0. The minimum Gasteiger partial charge on any atom is -0.396 e. The molecule has 2 aromatic rings. The summed E-state index contributed by atoms with van der Waals surface area (Å²) in [5, 5.41) is 42.9. The number of benzene rings is 1. The highest BCUT2D eigenvalue weighted by Gasteiger charge is 2.65. The summed E-state index contributed by atoms with van der Waals surface area (Å²) in [6.45, 7) is 5.66. The molecule has 1 saturated heterocycles. The number of aliphatic hydroxyl groups excluding tert-OH is 2. The van der Waals surface area contributed by atoms with Crippen molar-refractivity contribution in [2.75, 3.05) is 13.2 Å². The lowest BCUT2D eigenvalue weighted by Gasteiger charge is -2.40. The number of aliphatic hydroxyl groups is 2. The van der Waals surface area contributed by atoms with Gasteiger partial charge in [-0.3, -0.25) is 5.10 Å². The molecule has 0 saturated carbocycles. The van der Waals surface area contributed by atoms with Crippen molar-refractivity contribution in [1.82, 2.24) is 15.3 Å². The lowest BCUT2D eigenvalue weighted by molar-refractivity contribution is -0.277. The molecule has 1 aliphatic heterocycles. The van der Waals surface area contributed by atoms with Crippen molar-refractivity contribution in [2.45, 2.75) is 51.1 Å². The molecule has 2 heterocycles. The van der Waals surface area contributed by atoms with Crippen LogP contribution < -0.4 is 0 Å². The van der Waals surface area contributed by atoms with E-state index in [0.29, 0.717) is 25.0 Å². The molecule has 0 amide bonds. The monoisotopic (exact) mass is 372 g/mol. The van der Waals surface area contributed by atoms with Gasteiger partial charge in [0.05, 0.1) is 22.5 Å². The number of aromatic nitrogens is 2. The Bertz CT molecular complexity index is 740. The fourth-order valence-electron chi connectivity index (χ4n) is 5.25. The van der Waals surface area contributed by atoms with E-state index < -0.39 is 11.1 Å². The van der Waals surface area contributed by atoms with Crippen LogP contribution in [0.25, 0.3) is 11.3 Å². The van der Waals surface area contributed by atoms with Crippen LogP contribution in [0.1, 0.15) is 45.7 Å². The van der Waals surface area contributed by atoms with E-state index in [1.165, 1.54) is 5.06 Å². The average molecular weight is 372 g/mol. The number of hydrogen-bond acceptors (Lipinski definition) is 4. The topological polar surface area (TPSA) is 92.3 Å². The summed E-state index contributed by atoms with van der Waals surface area (Å²) in [6.07, 6.45) is 1.77. The molecule has 3 rings (SSSR count). The van der Waals surface area contributed by atoms with Gasteiger partial charge in [-0.05, 0) is 25.3 Å². The maximum absolute atomic E-state index is 13.8. The molecule has 0 aliphatic carbocycles. The van der Waals surface area contributed by atoms with Crippen LogP contribution in [0.3, 0.4) is 0 Å². The third-order valence-electron chi connectivity index (χ3n) is 6.83. The molecule has 0 unspecified atom stereocenters. The van der Waals surface area contributed by atoms with E-state index in [1.807, 2.05) is 57.2 Å². The molecule has 1 radical (unpaired) electrons. The Morgan fingerprint density at radius 3 is 2.19 bits per heavy atom. The highest BCUT2D eigenvalue weighted by molar-refractivity contribution is 5.59. The molecule has 1 fully saturated rings. The van der Waals surface area contributed by atoms with Crippen LogP contribution in [0.15, 0.2) is 36.4 Å². The zero-order chi connectivity index (χ0) is 19.7. The smallest absolute Gasteiger partial charge is 0.0964 e. The first-order valence-corrected chi connectivity index (χ1v) is 9.86. The van der Waals surface area contributed by atoms with Crippen molar-refractivity contribution in [1.29, 1.82) is 0 Å². The van der Waals surface area contributed by atoms with Gasteiger partial charge in [0.15, 0.2) is 0 Å². The molecule has 6 nitrogen and oxygen atoms in total. The summed E-state index contributed by atoms with van der Waals surface area (Å²) in [6, 6.07) is 11.7. The molecule has 3 atom stereocenters. The van der Waals surface area contributed by atoms with Crippen LogP contribution in [-0.4, -0.2) is 44.2 Å². The first-order valence-electron chi connectivity index (χ1n) is 9.86. The molecule has 0 spiro atoms. The third kappa shape index (κ3) is 2.74. The number of H-pyrrole nitrogens is 1. The van der Waals surface area contributed by atoms with Crippen molar-refractivity contribution in [3.05, 3.63) is 42.1 Å². The van der Waals surface area contributed by atoms with E-state index in [1.54, 1.807) is 0 Å². The van der Waals surface area contributed by atoms with E-state index in [0.717, 1.165) is 11.3 Å².